The van der Waals surface area contributed by atoms with Crippen molar-refractivity contribution in [3.63, 3.8) is 0 Å². The SMILES string of the molecule is Cc1c([C@@H](C)/N=c2\nc(C)n(C)c3cnc(N4CCC5(CC5)C4)cc23)cccc1C(F)(F)F. The molecule has 1 spiro atoms. The molecule has 2 fully saturated rings. The summed E-state index contributed by atoms with van der Waals surface area (Å²) in [4.78, 5) is 16.6. The lowest BCUT2D eigenvalue weighted by atomic mass is 9.97. The molecule has 0 unspecified atom stereocenters. The van der Waals surface area contributed by atoms with E-state index in [1.54, 1.807) is 6.07 Å². The van der Waals surface area contributed by atoms with E-state index >= 15 is 0 Å². The summed E-state index contributed by atoms with van der Waals surface area (Å²) in [6, 6.07) is 5.83. The van der Waals surface area contributed by atoms with Gasteiger partial charge in [0, 0.05) is 25.5 Å². The second-order valence-electron chi connectivity index (χ2n) is 9.60. The zero-order valence-corrected chi connectivity index (χ0v) is 19.4. The molecule has 8 heteroatoms. The van der Waals surface area contributed by atoms with E-state index in [4.69, 9.17) is 15.0 Å². The minimum absolute atomic E-state index is 0.206. The molecule has 1 aromatic carbocycles. The molecule has 2 aromatic heterocycles. The largest absolute Gasteiger partial charge is 0.416 e. The molecular formula is C25H28F3N5. The number of hydrogen-bond acceptors (Lipinski definition) is 4. The highest BCUT2D eigenvalue weighted by atomic mass is 19.4. The molecule has 2 aliphatic rings. The number of aryl methyl sites for hydroxylation is 2. The standard InChI is InChI=1S/C25H28F3N5/c1-15-18(6-5-7-20(15)25(26,27)28)16(2)30-23-19-12-22(33-11-10-24(14-33)8-9-24)29-13-21(19)32(4)17(3)31-23/h5-7,12-13,16H,8-11,14H2,1-4H3/b30-23-/t16-/m1/s1. The van der Waals surface area contributed by atoms with Crippen molar-refractivity contribution >= 4 is 16.7 Å². The van der Waals surface area contributed by atoms with E-state index < -0.39 is 17.8 Å². The second-order valence-corrected chi connectivity index (χ2v) is 9.60. The van der Waals surface area contributed by atoms with Gasteiger partial charge in [-0.1, -0.05) is 12.1 Å². The van der Waals surface area contributed by atoms with Crippen LogP contribution in [0.5, 0.6) is 0 Å². The molecule has 0 N–H and O–H groups in total. The van der Waals surface area contributed by atoms with Crippen LogP contribution >= 0.6 is 0 Å². The van der Waals surface area contributed by atoms with Crippen molar-refractivity contribution in [3.05, 3.63) is 58.5 Å². The van der Waals surface area contributed by atoms with Gasteiger partial charge < -0.3 is 9.47 Å². The van der Waals surface area contributed by atoms with Gasteiger partial charge in [-0.25, -0.2) is 9.97 Å². The molecule has 0 radical (unpaired) electrons. The molecule has 3 aromatic rings. The van der Waals surface area contributed by atoms with Crippen LogP contribution in [-0.4, -0.2) is 27.6 Å². The highest BCUT2D eigenvalue weighted by Gasteiger charge is 2.48. The van der Waals surface area contributed by atoms with Crippen molar-refractivity contribution in [2.75, 3.05) is 18.0 Å². The molecule has 0 amide bonds. The van der Waals surface area contributed by atoms with E-state index in [1.807, 2.05) is 37.7 Å². The van der Waals surface area contributed by atoms with E-state index in [9.17, 15) is 13.2 Å². The lowest BCUT2D eigenvalue weighted by molar-refractivity contribution is -0.138. The Morgan fingerprint density at radius 1 is 1.15 bits per heavy atom. The number of pyridine rings is 1. The first-order valence-electron chi connectivity index (χ1n) is 11.4. The van der Waals surface area contributed by atoms with Crippen LogP contribution in [0.2, 0.25) is 0 Å². The van der Waals surface area contributed by atoms with Gasteiger partial charge in [-0.05, 0) is 68.7 Å². The highest BCUT2D eigenvalue weighted by molar-refractivity contribution is 5.80. The van der Waals surface area contributed by atoms with Crippen molar-refractivity contribution in [2.45, 2.75) is 52.3 Å². The highest BCUT2D eigenvalue weighted by Crippen LogP contribution is 2.53. The van der Waals surface area contributed by atoms with Crippen LogP contribution in [0, 0.1) is 19.3 Å². The Bertz CT molecular complexity index is 1300. The molecule has 33 heavy (non-hydrogen) atoms. The van der Waals surface area contributed by atoms with E-state index in [1.165, 1.54) is 32.3 Å². The fourth-order valence-electron chi connectivity index (χ4n) is 5.00. The van der Waals surface area contributed by atoms with Crippen LogP contribution in [0.15, 0.2) is 35.5 Å². The number of anilines is 1. The van der Waals surface area contributed by atoms with Crippen LogP contribution < -0.4 is 10.4 Å². The average Bonchev–Trinajstić information content (AvgIpc) is 3.39. The smallest absolute Gasteiger partial charge is 0.356 e. The Kier molecular flexibility index (Phi) is 5.03. The molecule has 1 atom stereocenters. The third-order valence-corrected chi connectivity index (χ3v) is 7.39. The van der Waals surface area contributed by atoms with E-state index in [0.29, 0.717) is 16.5 Å². The maximum Gasteiger partial charge on any atom is 0.416 e. The van der Waals surface area contributed by atoms with Gasteiger partial charge in [-0.15, -0.1) is 0 Å². The summed E-state index contributed by atoms with van der Waals surface area (Å²) in [5, 5.41) is 0.862. The lowest BCUT2D eigenvalue weighted by Gasteiger charge is -2.19. The summed E-state index contributed by atoms with van der Waals surface area (Å²) in [7, 11) is 1.94. The van der Waals surface area contributed by atoms with Gasteiger partial charge >= 0.3 is 6.18 Å². The van der Waals surface area contributed by atoms with Gasteiger partial charge in [0.2, 0.25) is 0 Å². The third kappa shape index (κ3) is 3.89. The first kappa shape index (κ1) is 21.9. The number of benzene rings is 1. The number of hydrogen-bond donors (Lipinski definition) is 0. The first-order chi connectivity index (χ1) is 15.6. The Hall–Kier alpha value is -2.90. The van der Waals surface area contributed by atoms with Gasteiger partial charge in [0.15, 0.2) is 5.49 Å². The zero-order valence-electron chi connectivity index (χ0n) is 19.4. The quantitative estimate of drug-likeness (QED) is 0.542. The number of alkyl halides is 3. The van der Waals surface area contributed by atoms with Crippen LogP contribution in [-0.2, 0) is 13.2 Å². The molecule has 5 rings (SSSR count). The van der Waals surface area contributed by atoms with Crippen molar-refractivity contribution < 1.29 is 13.2 Å². The van der Waals surface area contributed by atoms with E-state index in [-0.39, 0.29) is 5.56 Å². The minimum atomic E-state index is -4.39. The number of fused-ring (bicyclic) bond motifs is 1. The minimum Gasteiger partial charge on any atom is -0.356 e. The Labute approximate surface area is 191 Å². The van der Waals surface area contributed by atoms with Crippen LogP contribution in [0.25, 0.3) is 10.9 Å². The van der Waals surface area contributed by atoms with Gasteiger partial charge in [-0.2, -0.15) is 13.2 Å². The van der Waals surface area contributed by atoms with E-state index in [0.717, 1.165) is 41.7 Å². The summed E-state index contributed by atoms with van der Waals surface area (Å²) >= 11 is 0. The van der Waals surface area contributed by atoms with Crippen molar-refractivity contribution in [3.8, 4) is 0 Å². The third-order valence-electron chi connectivity index (χ3n) is 7.39. The van der Waals surface area contributed by atoms with Crippen molar-refractivity contribution in [1.29, 1.82) is 0 Å². The van der Waals surface area contributed by atoms with Crippen LogP contribution in [0.4, 0.5) is 19.0 Å². The Morgan fingerprint density at radius 2 is 1.91 bits per heavy atom. The van der Waals surface area contributed by atoms with Crippen LogP contribution in [0.3, 0.4) is 0 Å². The van der Waals surface area contributed by atoms with Crippen molar-refractivity contribution in [1.82, 2.24) is 14.5 Å². The lowest BCUT2D eigenvalue weighted by Crippen LogP contribution is -2.23. The number of aromatic nitrogens is 3. The maximum atomic E-state index is 13.4. The van der Waals surface area contributed by atoms with Gasteiger partial charge in [0.25, 0.3) is 0 Å². The fraction of sp³-hybridized carbons (Fsp3) is 0.480. The molecule has 1 saturated heterocycles. The predicted octanol–water partition coefficient (Wildman–Crippen LogP) is 5.26. The van der Waals surface area contributed by atoms with Crippen LogP contribution in [0.1, 0.15) is 54.7 Å². The Balaban J connectivity index is 1.61. The summed E-state index contributed by atoms with van der Waals surface area (Å²) in [6.45, 7) is 7.25. The molecule has 5 nitrogen and oxygen atoms in total. The topological polar surface area (TPSA) is 46.3 Å². The summed E-state index contributed by atoms with van der Waals surface area (Å²) in [5.74, 6) is 1.68. The van der Waals surface area contributed by atoms with Gasteiger partial charge in [0.1, 0.15) is 11.6 Å². The number of nitrogens with zero attached hydrogens (tertiary/aromatic N) is 5. The summed E-state index contributed by atoms with van der Waals surface area (Å²) in [5.41, 5.74) is 2.06. The normalized spacial score (nSPS) is 19.0. The molecule has 0 bridgehead atoms. The van der Waals surface area contributed by atoms with E-state index in [2.05, 4.69) is 4.90 Å². The van der Waals surface area contributed by atoms with Gasteiger partial charge in [0.05, 0.1) is 23.3 Å². The maximum absolute atomic E-state index is 13.4. The first-order valence-corrected chi connectivity index (χ1v) is 11.4. The van der Waals surface area contributed by atoms with Crippen molar-refractivity contribution in [2.24, 2.45) is 17.5 Å². The molecule has 1 aliphatic heterocycles. The predicted molar refractivity (Wildman–Crippen MR) is 122 cm³/mol. The average molecular weight is 456 g/mol. The molecule has 1 saturated carbocycles. The zero-order chi connectivity index (χ0) is 23.5. The number of rotatable bonds is 3. The number of halogens is 3. The summed E-state index contributed by atoms with van der Waals surface area (Å²) in [6.07, 6.45) is 1.26. The fourth-order valence-corrected chi connectivity index (χ4v) is 5.00. The molecule has 1 aliphatic carbocycles. The molecule has 174 valence electrons. The summed E-state index contributed by atoms with van der Waals surface area (Å²) < 4.78 is 42.2. The second kappa shape index (κ2) is 7.57. The van der Waals surface area contributed by atoms with Gasteiger partial charge in [-0.3, -0.25) is 4.99 Å². The molecule has 3 heterocycles. The molecular weight excluding hydrogens is 427 g/mol. The Morgan fingerprint density at radius 3 is 2.58 bits per heavy atom. The monoisotopic (exact) mass is 455 g/mol.